The third-order valence-electron chi connectivity index (χ3n) is 4.24. The summed E-state index contributed by atoms with van der Waals surface area (Å²) in [5, 5.41) is 5.41. The van der Waals surface area contributed by atoms with E-state index in [1.807, 2.05) is 7.05 Å². The summed E-state index contributed by atoms with van der Waals surface area (Å²) >= 11 is 8.24. The summed E-state index contributed by atoms with van der Waals surface area (Å²) in [6, 6.07) is 9.36. The Morgan fingerprint density at radius 2 is 1.75 bits per heavy atom. The van der Waals surface area contributed by atoms with Crippen LogP contribution in [0.5, 0.6) is 0 Å². The Kier molecular flexibility index (Phi) is 6.50. The number of sulfonamides is 1. The van der Waals surface area contributed by atoms with Crippen LogP contribution in [0, 0.1) is 0 Å². The minimum atomic E-state index is -3.52. The summed E-state index contributed by atoms with van der Waals surface area (Å²) in [6.07, 6.45) is 0. The average molecular weight is 487 g/mol. The molecule has 1 amide bonds. The van der Waals surface area contributed by atoms with Crippen molar-refractivity contribution in [1.82, 2.24) is 14.5 Å². The number of hydrogen-bond acceptors (Lipinski definition) is 6. The molecule has 1 aromatic heterocycles. The van der Waals surface area contributed by atoms with E-state index in [1.54, 1.807) is 18.2 Å². The Morgan fingerprint density at radius 3 is 2.32 bits per heavy atom. The summed E-state index contributed by atoms with van der Waals surface area (Å²) in [5.74, 6) is -0.373. The first-order chi connectivity index (χ1) is 13.3. The molecule has 28 heavy (non-hydrogen) atoms. The highest BCUT2D eigenvalue weighted by atomic mass is 79.9. The van der Waals surface area contributed by atoms with Crippen LogP contribution in [0.4, 0.5) is 5.69 Å². The van der Waals surface area contributed by atoms with Gasteiger partial charge in [-0.15, -0.1) is 0 Å². The molecule has 1 aliphatic rings. The van der Waals surface area contributed by atoms with Crippen molar-refractivity contribution in [3.63, 3.8) is 0 Å². The molecule has 0 unspecified atom stereocenters. The molecule has 150 valence electrons. The number of furan rings is 1. The molecule has 0 spiro atoms. The van der Waals surface area contributed by atoms with E-state index >= 15 is 0 Å². The van der Waals surface area contributed by atoms with Crippen molar-refractivity contribution in [2.45, 2.75) is 4.90 Å². The van der Waals surface area contributed by atoms with Crippen LogP contribution < -0.4 is 10.6 Å². The Bertz CT molecular complexity index is 967. The van der Waals surface area contributed by atoms with Gasteiger partial charge in [0, 0.05) is 31.9 Å². The fraction of sp³-hybridized carbons (Fsp3) is 0.294. The van der Waals surface area contributed by atoms with Gasteiger partial charge in [-0.2, -0.15) is 4.31 Å². The predicted octanol–water partition coefficient (Wildman–Crippen LogP) is 2.10. The number of halogens is 1. The zero-order valence-electron chi connectivity index (χ0n) is 15.0. The average Bonchev–Trinajstić information content (AvgIpc) is 3.09. The van der Waals surface area contributed by atoms with E-state index < -0.39 is 15.9 Å². The molecule has 1 fully saturated rings. The van der Waals surface area contributed by atoms with E-state index in [2.05, 4.69) is 31.5 Å². The number of anilines is 1. The minimum Gasteiger partial charge on any atom is -0.444 e. The van der Waals surface area contributed by atoms with E-state index in [0.717, 1.165) is 0 Å². The fourth-order valence-corrected chi connectivity index (χ4v) is 4.59. The minimum absolute atomic E-state index is 0.0761. The second-order valence-corrected chi connectivity index (χ2v) is 9.37. The van der Waals surface area contributed by atoms with Gasteiger partial charge in [-0.25, -0.2) is 8.42 Å². The molecule has 0 atom stereocenters. The smallest absolute Gasteiger partial charge is 0.293 e. The number of benzene rings is 1. The van der Waals surface area contributed by atoms with Crippen LogP contribution in [0.3, 0.4) is 0 Å². The van der Waals surface area contributed by atoms with Crippen LogP contribution in [-0.4, -0.2) is 61.9 Å². The number of hydrogen-bond donors (Lipinski definition) is 2. The molecule has 1 aliphatic heterocycles. The van der Waals surface area contributed by atoms with Crippen molar-refractivity contribution in [3.05, 3.63) is 46.8 Å². The maximum atomic E-state index is 12.7. The molecule has 0 radical (unpaired) electrons. The van der Waals surface area contributed by atoms with Gasteiger partial charge in [0.1, 0.15) is 0 Å². The van der Waals surface area contributed by atoms with Crippen molar-refractivity contribution in [1.29, 1.82) is 0 Å². The number of thiocarbonyl (C=S) groups is 1. The number of nitrogens with zero attached hydrogens (tertiary/aromatic N) is 2. The van der Waals surface area contributed by atoms with Crippen LogP contribution in [0.2, 0.25) is 0 Å². The van der Waals surface area contributed by atoms with Gasteiger partial charge in [-0.05, 0) is 71.6 Å². The topological polar surface area (TPSA) is 94.9 Å². The van der Waals surface area contributed by atoms with Crippen LogP contribution in [0.15, 0.2) is 50.4 Å². The highest BCUT2D eigenvalue weighted by molar-refractivity contribution is 9.10. The summed E-state index contributed by atoms with van der Waals surface area (Å²) in [6.45, 7) is 2.36. The lowest BCUT2D eigenvalue weighted by Gasteiger charge is -2.31. The Hall–Kier alpha value is -1.79. The molecule has 8 nitrogen and oxygen atoms in total. The Labute approximate surface area is 177 Å². The summed E-state index contributed by atoms with van der Waals surface area (Å²) in [7, 11) is -1.55. The standard InChI is InChI=1S/C17H19BrN4O4S2/c1-21-8-10-22(11-9-21)28(24,25)13-4-2-12(3-5-13)19-17(27)20-16(23)14-6-7-15(18)26-14/h2-7H,8-11H2,1H3,(H2,19,20,23,27). The molecular formula is C17H19BrN4O4S2. The molecule has 2 N–H and O–H groups in total. The second-order valence-electron chi connectivity index (χ2n) is 6.24. The Balaban J connectivity index is 1.61. The van der Waals surface area contributed by atoms with Gasteiger partial charge in [-0.1, -0.05) is 0 Å². The third-order valence-corrected chi connectivity index (χ3v) is 6.78. The summed E-state index contributed by atoms with van der Waals surface area (Å²) in [5.41, 5.74) is 0.559. The molecule has 0 bridgehead atoms. The van der Waals surface area contributed by atoms with Crippen molar-refractivity contribution in [2.75, 3.05) is 38.5 Å². The highest BCUT2D eigenvalue weighted by Crippen LogP contribution is 2.20. The number of amides is 1. The van der Waals surface area contributed by atoms with Gasteiger partial charge < -0.3 is 14.6 Å². The van der Waals surface area contributed by atoms with Gasteiger partial charge in [0.2, 0.25) is 10.0 Å². The van der Waals surface area contributed by atoms with E-state index in [-0.39, 0.29) is 15.8 Å². The first-order valence-electron chi connectivity index (χ1n) is 8.42. The Morgan fingerprint density at radius 1 is 1.11 bits per heavy atom. The lowest BCUT2D eigenvalue weighted by molar-refractivity contribution is 0.0949. The van der Waals surface area contributed by atoms with Crippen LogP contribution >= 0.6 is 28.1 Å². The van der Waals surface area contributed by atoms with E-state index in [1.165, 1.54) is 22.5 Å². The van der Waals surface area contributed by atoms with E-state index in [9.17, 15) is 13.2 Å². The molecule has 0 aliphatic carbocycles. The van der Waals surface area contributed by atoms with E-state index in [0.29, 0.717) is 36.5 Å². The first-order valence-corrected chi connectivity index (χ1v) is 11.1. The molecule has 1 aromatic carbocycles. The van der Waals surface area contributed by atoms with Crippen LogP contribution in [-0.2, 0) is 10.0 Å². The molecule has 3 rings (SSSR count). The van der Waals surface area contributed by atoms with Crippen molar-refractivity contribution in [2.24, 2.45) is 0 Å². The van der Waals surface area contributed by atoms with Gasteiger partial charge in [0.15, 0.2) is 15.5 Å². The molecule has 2 heterocycles. The van der Waals surface area contributed by atoms with Crippen LogP contribution in [0.25, 0.3) is 0 Å². The number of carbonyl (C=O) groups is 1. The quantitative estimate of drug-likeness (QED) is 0.638. The van der Waals surface area contributed by atoms with Crippen molar-refractivity contribution in [3.8, 4) is 0 Å². The molecule has 11 heteroatoms. The van der Waals surface area contributed by atoms with Crippen LogP contribution in [0.1, 0.15) is 10.6 Å². The zero-order valence-corrected chi connectivity index (χ0v) is 18.2. The number of piperazine rings is 1. The van der Waals surface area contributed by atoms with Gasteiger partial charge in [-0.3, -0.25) is 10.1 Å². The molecule has 2 aromatic rings. The maximum absolute atomic E-state index is 12.7. The highest BCUT2D eigenvalue weighted by Gasteiger charge is 2.27. The number of rotatable bonds is 4. The van der Waals surface area contributed by atoms with Gasteiger partial charge >= 0.3 is 0 Å². The predicted molar refractivity (Wildman–Crippen MR) is 113 cm³/mol. The number of carbonyl (C=O) groups excluding carboxylic acids is 1. The first kappa shape index (κ1) is 20.9. The van der Waals surface area contributed by atoms with Gasteiger partial charge in [0.25, 0.3) is 5.91 Å². The lowest BCUT2D eigenvalue weighted by Crippen LogP contribution is -2.46. The third kappa shape index (κ3) is 4.97. The molecule has 1 saturated heterocycles. The maximum Gasteiger partial charge on any atom is 0.293 e. The zero-order chi connectivity index (χ0) is 20.3. The largest absolute Gasteiger partial charge is 0.444 e. The molecular weight excluding hydrogens is 468 g/mol. The fourth-order valence-electron chi connectivity index (χ4n) is 2.65. The number of nitrogens with one attached hydrogen (secondary N) is 2. The second kappa shape index (κ2) is 8.70. The summed E-state index contributed by atoms with van der Waals surface area (Å²) < 4.78 is 32.5. The molecule has 0 saturated carbocycles. The normalized spacial score (nSPS) is 15.9. The number of likely N-dealkylation sites (N-methyl/N-ethyl adjacent to an activating group) is 1. The van der Waals surface area contributed by atoms with Gasteiger partial charge in [0.05, 0.1) is 4.90 Å². The van der Waals surface area contributed by atoms with Crippen molar-refractivity contribution < 1.29 is 17.6 Å². The monoisotopic (exact) mass is 486 g/mol. The van der Waals surface area contributed by atoms with Crippen molar-refractivity contribution >= 4 is 54.9 Å². The lowest BCUT2D eigenvalue weighted by atomic mass is 10.3. The summed E-state index contributed by atoms with van der Waals surface area (Å²) in [4.78, 5) is 14.3. The SMILES string of the molecule is CN1CCN(S(=O)(=O)c2ccc(NC(=S)NC(=O)c3ccc(Br)o3)cc2)CC1. The van der Waals surface area contributed by atoms with E-state index in [4.69, 9.17) is 16.6 Å².